The maximum atomic E-state index is 12.2. The number of piperidine rings is 1. The fourth-order valence-corrected chi connectivity index (χ4v) is 2.37. The van der Waals surface area contributed by atoms with Crippen LogP contribution in [0.1, 0.15) is 19.8 Å². The standard InChI is InChI=1S/C15H22N2O3/c1-3-20-14-5-4-10-17(11-14)15(18)16-12-6-8-13(19-2)9-7-12/h6-9,14H,3-5,10-11H2,1-2H3,(H,16,18). The van der Waals surface area contributed by atoms with E-state index in [1.54, 1.807) is 7.11 Å². The van der Waals surface area contributed by atoms with E-state index in [0.29, 0.717) is 13.2 Å². The van der Waals surface area contributed by atoms with Crippen LogP contribution in [0.3, 0.4) is 0 Å². The average Bonchev–Trinajstić information content (AvgIpc) is 2.48. The average molecular weight is 278 g/mol. The summed E-state index contributed by atoms with van der Waals surface area (Å²) in [6.07, 6.45) is 2.18. The molecule has 5 nitrogen and oxygen atoms in total. The summed E-state index contributed by atoms with van der Waals surface area (Å²) >= 11 is 0. The van der Waals surface area contributed by atoms with Crippen LogP contribution in [0.15, 0.2) is 24.3 Å². The molecular weight excluding hydrogens is 256 g/mol. The largest absolute Gasteiger partial charge is 0.497 e. The Bertz CT molecular complexity index is 431. The zero-order valence-electron chi connectivity index (χ0n) is 12.1. The van der Waals surface area contributed by atoms with E-state index in [0.717, 1.165) is 30.8 Å². The third-order valence-electron chi connectivity index (χ3n) is 3.41. The summed E-state index contributed by atoms with van der Waals surface area (Å²) < 4.78 is 10.7. The number of carbonyl (C=O) groups excluding carboxylic acids is 1. The van der Waals surface area contributed by atoms with Crippen molar-refractivity contribution in [3.8, 4) is 5.75 Å². The van der Waals surface area contributed by atoms with Crippen molar-refractivity contribution in [2.45, 2.75) is 25.9 Å². The molecule has 1 aliphatic heterocycles. The lowest BCUT2D eigenvalue weighted by molar-refractivity contribution is 0.0181. The van der Waals surface area contributed by atoms with Gasteiger partial charge in [0.1, 0.15) is 5.75 Å². The van der Waals surface area contributed by atoms with Gasteiger partial charge in [-0.25, -0.2) is 4.79 Å². The molecular formula is C15H22N2O3. The summed E-state index contributed by atoms with van der Waals surface area (Å²) in [6, 6.07) is 7.25. The van der Waals surface area contributed by atoms with E-state index < -0.39 is 0 Å². The van der Waals surface area contributed by atoms with Crippen molar-refractivity contribution < 1.29 is 14.3 Å². The van der Waals surface area contributed by atoms with Crippen molar-refractivity contribution in [1.82, 2.24) is 4.90 Å². The number of carbonyl (C=O) groups is 1. The smallest absolute Gasteiger partial charge is 0.321 e. The zero-order chi connectivity index (χ0) is 14.4. The second-order valence-electron chi connectivity index (χ2n) is 4.82. The second kappa shape index (κ2) is 7.14. The van der Waals surface area contributed by atoms with Gasteiger partial charge in [0.05, 0.1) is 13.2 Å². The number of nitrogens with zero attached hydrogens (tertiary/aromatic N) is 1. The van der Waals surface area contributed by atoms with E-state index in [4.69, 9.17) is 9.47 Å². The number of amides is 2. The third-order valence-corrected chi connectivity index (χ3v) is 3.41. The Balaban J connectivity index is 1.89. The van der Waals surface area contributed by atoms with Crippen LogP contribution in [0.2, 0.25) is 0 Å². The molecule has 1 aromatic rings. The Morgan fingerprint density at radius 1 is 1.40 bits per heavy atom. The normalized spacial score (nSPS) is 18.7. The quantitative estimate of drug-likeness (QED) is 0.921. The lowest BCUT2D eigenvalue weighted by atomic mass is 10.1. The molecule has 0 bridgehead atoms. The van der Waals surface area contributed by atoms with Gasteiger partial charge >= 0.3 is 6.03 Å². The SMILES string of the molecule is CCOC1CCCN(C(=O)Nc2ccc(OC)cc2)C1. The number of hydrogen-bond donors (Lipinski definition) is 1. The molecule has 1 atom stereocenters. The fraction of sp³-hybridized carbons (Fsp3) is 0.533. The van der Waals surface area contributed by atoms with Crippen molar-refractivity contribution >= 4 is 11.7 Å². The number of ether oxygens (including phenoxy) is 2. The van der Waals surface area contributed by atoms with Crippen LogP contribution in [0.5, 0.6) is 5.75 Å². The Labute approximate surface area is 119 Å². The van der Waals surface area contributed by atoms with E-state index in [1.165, 1.54) is 0 Å². The molecule has 0 saturated carbocycles. The van der Waals surface area contributed by atoms with E-state index in [1.807, 2.05) is 36.1 Å². The van der Waals surface area contributed by atoms with Gasteiger partial charge in [0, 0.05) is 25.4 Å². The van der Waals surface area contributed by atoms with Gasteiger partial charge in [0.25, 0.3) is 0 Å². The first-order valence-corrected chi connectivity index (χ1v) is 7.04. The van der Waals surface area contributed by atoms with Crippen LogP contribution in [0, 0.1) is 0 Å². The molecule has 1 fully saturated rings. The number of benzene rings is 1. The van der Waals surface area contributed by atoms with Crippen LogP contribution in [0.25, 0.3) is 0 Å². The molecule has 1 heterocycles. The molecule has 5 heteroatoms. The summed E-state index contributed by atoms with van der Waals surface area (Å²) in [6.45, 7) is 4.12. The molecule has 1 unspecified atom stereocenters. The second-order valence-corrected chi connectivity index (χ2v) is 4.82. The highest BCUT2D eigenvalue weighted by Crippen LogP contribution is 2.17. The molecule has 0 aliphatic carbocycles. The first kappa shape index (κ1) is 14.7. The monoisotopic (exact) mass is 278 g/mol. The molecule has 2 rings (SSSR count). The zero-order valence-corrected chi connectivity index (χ0v) is 12.1. The number of likely N-dealkylation sites (tertiary alicyclic amines) is 1. The molecule has 110 valence electrons. The Morgan fingerprint density at radius 3 is 2.80 bits per heavy atom. The first-order valence-electron chi connectivity index (χ1n) is 7.04. The highest BCUT2D eigenvalue weighted by Gasteiger charge is 2.23. The van der Waals surface area contributed by atoms with Crippen LogP contribution < -0.4 is 10.1 Å². The molecule has 2 amide bonds. The molecule has 0 radical (unpaired) electrons. The highest BCUT2D eigenvalue weighted by molar-refractivity contribution is 5.89. The van der Waals surface area contributed by atoms with Crippen molar-refractivity contribution in [3.05, 3.63) is 24.3 Å². The lowest BCUT2D eigenvalue weighted by Gasteiger charge is -2.32. The van der Waals surface area contributed by atoms with Gasteiger partial charge in [-0.2, -0.15) is 0 Å². The number of methoxy groups -OCH3 is 1. The van der Waals surface area contributed by atoms with E-state index in [2.05, 4.69) is 5.32 Å². The van der Waals surface area contributed by atoms with Gasteiger partial charge < -0.3 is 19.7 Å². The van der Waals surface area contributed by atoms with E-state index in [-0.39, 0.29) is 12.1 Å². The van der Waals surface area contributed by atoms with Gasteiger partial charge in [-0.05, 0) is 44.0 Å². The first-order chi connectivity index (χ1) is 9.72. The summed E-state index contributed by atoms with van der Waals surface area (Å²) in [5.41, 5.74) is 0.773. The van der Waals surface area contributed by atoms with Crippen molar-refractivity contribution in [1.29, 1.82) is 0 Å². The maximum absolute atomic E-state index is 12.2. The molecule has 1 saturated heterocycles. The molecule has 0 aromatic heterocycles. The van der Waals surface area contributed by atoms with Gasteiger partial charge in [-0.15, -0.1) is 0 Å². The molecule has 1 aromatic carbocycles. The molecule has 0 spiro atoms. The van der Waals surface area contributed by atoms with Crippen molar-refractivity contribution in [2.24, 2.45) is 0 Å². The summed E-state index contributed by atoms with van der Waals surface area (Å²) in [7, 11) is 1.62. The van der Waals surface area contributed by atoms with Gasteiger partial charge in [-0.3, -0.25) is 0 Å². The molecule has 1 aliphatic rings. The van der Waals surface area contributed by atoms with E-state index >= 15 is 0 Å². The Kier molecular flexibility index (Phi) is 5.24. The van der Waals surface area contributed by atoms with Gasteiger partial charge in [0.2, 0.25) is 0 Å². The number of anilines is 1. The maximum Gasteiger partial charge on any atom is 0.321 e. The lowest BCUT2D eigenvalue weighted by Crippen LogP contribution is -2.45. The minimum Gasteiger partial charge on any atom is -0.497 e. The fourth-order valence-electron chi connectivity index (χ4n) is 2.37. The number of hydrogen-bond acceptors (Lipinski definition) is 3. The minimum absolute atomic E-state index is 0.0698. The Morgan fingerprint density at radius 2 is 2.15 bits per heavy atom. The van der Waals surface area contributed by atoms with Crippen LogP contribution >= 0.6 is 0 Å². The predicted molar refractivity (Wildman–Crippen MR) is 78.2 cm³/mol. The number of nitrogens with one attached hydrogen (secondary N) is 1. The van der Waals surface area contributed by atoms with Crippen LogP contribution in [-0.2, 0) is 4.74 Å². The minimum atomic E-state index is -0.0698. The predicted octanol–water partition coefficient (Wildman–Crippen LogP) is 2.73. The van der Waals surface area contributed by atoms with Gasteiger partial charge in [0.15, 0.2) is 0 Å². The van der Waals surface area contributed by atoms with E-state index in [9.17, 15) is 4.79 Å². The summed E-state index contributed by atoms with van der Waals surface area (Å²) in [5.74, 6) is 0.775. The molecule has 20 heavy (non-hydrogen) atoms. The topological polar surface area (TPSA) is 50.8 Å². The summed E-state index contributed by atoms with van der Waals surface area (Å²) in [4.78, 5) is 14.0. The number of urea groups is 1. The summed E-state index contributed by atoms with van der Waals surface area (Å²) in [5, 5.41) is 2.90. The van der Waals surface area contributed by atoms with Crippen molar-refractivity contribution in [3.63, 3.8) is 0 Å². The van der Waals surface area contributed by atoms with Crippen LogP contribution in [-0.4, -0.2) is 43.8 Å². The third kappa shape index (κ3) is 3.87. The van der Waals surface area contributed by atoms with Crippen LogP contribution in [0.4, 0.5) is 10.5 Å². The van der Waals surface area contributed by atoms with Crippen molar-refractivity contribution in [2.75, 3.05) is 32.1 Å². The highest BCUT2D eigenvalue weighted by atomic mass is 16.5. The number of rotatable bonds is 4. The Hall–Kier alpha value is -1.75. The molecule has 1 N–H and O–H groups in total. The van der Waals surface area contributed by atoms with Gasteiger partial charge in [-0.1, -0.05) is 0 Å².